The number of aromatic nitrogens is 2. The first-order chi connectivity index (χ1) is 8.77. The zero-order valence-corrected chi connectivity index (χ0v) is 9.61. The van der Waals surface area contributed by atoms with E-state index in [1.165, 1.54) is 6.20 Å². The number of hydrogen-bond donors (Lipinski definition) is 1. The summed E-state index contributed by atoms with van der Waals surface area (Å²) in [6.07, 6.45) is 3.83. The molecule has 0 aliphatic carbocycles. The molecule has 2 rings (SSSR count). The zero-order valence-electron chi connectivity index (χ0n) is 9.61. The van der Waals surface area contributed by atoms with Crippen molar-refractivity contribution in [3.8, 4) is 0 Å². The van der Waals surface area contributed by atoms with Crippen molar-refractivity contribution in [2.45, 2.75) is 6.42 Å². The van der Waals surface area contributed by atoms with Crippen molar-refractivity contribution in [2.75, 3.05) is 11.9 Å². The van der Waals surface area contributed by atoms with E-state index in [-0.39, 0.29) is 5.82 Å². The Labute approximate surface area is 104 Å². The van der Waals surface area contributed by atoms with Crippen LogP contribution in [0.15, 0.2) is 42.7 Å². The number of anilines is 1. The molecule has 2 aromatic heterocycles. The highest BCUT2D eigenvalue weighted by Crippen LogP contribution is 2.19. The van der Waals surface area contributed by atoms with Crippen LogP contribution in [0.1, 0.15) is 5.69 Å². The summed E-state index contributed by atoms with van der Waals surface area (Å²) >= 11 is 0. The summed E-state index contributed by atoms with van der Waals surface area (Å²) in [5.41, 5.74) is 1.37. The summed E-state index contributed by atoms with van der Waals surface area (Å²) in [6, 6.07) is 8.98. The fraction of sp³-hybridized carbons (Fsp3) is 0.167. The fourth-order valence-electron chi connectivity index (χ4n) is 1.55. The van der Waals surface area contributed by atoms with Crippen molar-refractivity contribution in [1.29, 1.82) is 0 Å². The van der Waals surface area contributed by atoms with Gasteiger partial charge in [0.25, 0.3) is 0 Å². The molecule has 1 N–H and O–H groups in total. The molecule has 0 fully saturated rings. The number of rotatable bonds is 5. The minimum absolute atomic E-state index is 0.154. The predicted molar refractivity (Wildman–Crippen MR) is 67.3 cm³/mol. The second-order valence-electron chi connectivity index (χ2n) is 3.63. The maximum atomic E-state index is 10.7. The summed E-state index contributed by atoms with van der Waals surface area (Å²) in [5, 5.41) is 13.7. The molecule has 0 atom stereocenters. The molecular weight excluding hydrogens is 232 g/mol. The summed E-state index contributed by atoms with van der Waals surface area (Å²) in [6.45, 7) is 0.573. The Bertz CT molecular complexity index is 531. The van der Waals surface area contributed by atoms with Gasteiger partial charge in [-0.25, -0.2) is 0 Å². The van der Waals surface area contributed by atoms with E-state index in [1.54, 1.807) is 18.3 Å². The molecule has 2 heterocycles. The molecule has 0 saturated heterocycles. The molecule has 0 aliphatic rings. The first kappa shape index (κ1) is 12.0. The lowest BCUT2D eigenvalue weighted by atomic mass is 10.2. The van der Waals surface area contributed by atoms with Gasteiger partial charge in [0.2, 0.25) is 0 Å². The van der Waals surface area contributed by atoms with Gasteiger partial charge in [-0.3, -0.25) is 4.98 Å². The number of nitrogens with zero attached hydrogens (tertiary/aromatic N) is 3. The van der Waals surface area contributed by atoms with Gasteiger partial charge in [0, 0.05) is 24.9 Å². The van der Waals surface area contributed by atoms with E-state index >= 15 is 0 Å². The van der Waals surface area contributed by atoms with Crippen molar-refractivity contribution in [3.05, 3.63) is 58.5 Å². The number of nitro groups is 1. The molecule has 0 bridgehead atoms. The minimum atomic E-state index is -0.497. The Hall–Kier alpha value is -2.50. The molecule has 0 radical (unpaired) electrons. The lowest BCUT2D eigenvalue weighted by Crippen LogP contribution is -2.08. The Balaban J connectivity index is 1.97. The lowest BCUT2D eigenvalue weighted by Gasteiger charge is -2.05. The monoisotopic (exact) mass is 244 g/mol. The maximum Gasteiger partial charge on any atom is 0.386 e. The number of pyridine rings is 2. The summed E-state index contributed by atoms with van der Waals surface area (Å²) in [4.78, 5) is 18.2. The molecule has 0 unspecified atom stereocenters. The predicted octanol–water partition coefficient (Wildman–Crippen LogP) is 2.04. The Morgan fingerprint density at radius 1 is 1.17 bits per heavy atom. The van der Waals surface area contributed by atoms with E-state index < -0.39 is 4.92 Å². The highest BCUT2D eigenvalue weighted by Gasteiger charge is 2.12. The van der Waals surface area contributed by atoms with Gasteiger partial charge in [-0.2, -0.15) is 0 Å². The normalized spacial score (nSPS) is 10.0. The van der Waals surface area contributed by atoms with Gasteiger partial charge in [0.1, 0.15) is 11.9 Å². The van der Waals surface area contributed by atoms with Gasteiger partial charge in [0.15, 0.2) is 0 Å². The van der Waals surface area contributed by atoms with Gasteiger partial charge in [0.05, 0.1) is 0 Å². The molecule has 2 aromatic rings. The van der Waals surface area contributed by atoms with E-state index in [2.05, 4.69) is 15.3 Å². The van der Waals surface area contributed by atoms with Gasteiger partial charge >= 0.3 is 5.82 Å². The van der Waals surface area contributed by atoms with Crippen molar-refractivity contribution in [1.82, 2.24) is 9.97 Å². The van der Waals surface area contributed by atoms with E-state index in [0.717, 1.165) is 5.69 Å². The van der Waals surface area contributed by atoms with Crippen LogP contribution in [0.3, 0.4) is 0 Å². The zero-order chi connectivity index (χ0) is 12.8. The highest BCUT2D eigenvalue weighted by molar-refractivity contribution is 5.56. The fourth-order valence-corrected chi connectivity index (χ4v) is 1.55. The van der Waals surface area contributed by atoms with E-state index in [0.29, 0.717) is 18.7 Å². The first-order valence-electron chi connectivity index (χ1n) is 5.50. The first-order valence-corrected chi connectivity index (χ1v) is 5.50. The maximum absolute atomic E-state index is 10.7. The van der Waals surface area contributed by atoms with Crippen molar-refractivity contribution in [2.24, 2.45) is 0 Å². The van der Waals surface area contributed by atoms with Crippen LogP contribution < -0.4 is 5.32 Å². The Kier molecular flexibility index (Phi) is 3.80. The molecule has 0 aliphatic heterocycles. The second-order valence-corrected chi connectivity index (χ2v) is 3.63. The van der Waals surface area contributed by atoms with Gasteiger partial charge < -0.3 is 15.4 Å². The van der Waals surface area contributed by atoms with Crippen LogP contribution >= 0.6 is 0 Å². The molecule has 0 spiro atoms. The molecule has 0 amide bonds. The average molecular weight is 244 g/mol. The molecule has 6 heteroatoms. The summed E-state index contributed by atoms with van der Waals surface area (Å²) in [7, 11) is 0. The molecule has 0 saturated carbocycles. The molecule has 92 valence electrons. The SMILES string of the molecule is O=[N+]([O-])c1ncccc1NCCc1ccccn1. The second kappa shape index (κ2) is 5.72. The van der Waals surface area contributed by atoms with Crippen molar-refractivity contribution >= 4 is 11.5 Å². The van der Waals surface area contributed by atoms with Crippen LogP contribution in [0.5, 0.6) is 0 Å². The lowest BCUT2D eigenvalue weighted by molar-refractivity contribution is -0.388. The molecular formula is C12H12N4O2. The van der Waals surface area contributed by atoms with Crippen LogP contribution in [0.4, 0.5) is 11.5 Å². The highest BCUT2D eigenvalue weighted by atomic mass is 16.6. The van der Waals surface area contributed by atoms with Crippen LogP contribution in [-0.2, 0) is 6.42 Å². The van der Waals surface area contributed by atoms with Gasteiger partial charge in [-0.05, 0) is 34.2 Å². The third-order valence-electron chi connectivity index (χ3n) is 2.38. The van der Waals surface area contributed by atoms with Crippen LogP contribution in [0.25, 0.3) is 0 Å². The topological polar surface area (TPSA) is 81.0 Å². The smallest absolute Gasteiger partial charge is 0.378 e. The standard InChI is InChI=1S/C12H12N4O2/c17-16(18)12-11(5-3-8-15-12)14-9-6-10-4-1-2-7-13-10/h1-5,7-8,14H,6,9H2. The quantitative estimate of drug-likeness (QED) is 0.643. The number of nitrogens with one attached hydrogen (secondary N) is 1. The van der Waals surface area contributed by atoms with E-state index in [9.17, 15) is 10.1 Å². The summed E-state index contributed by atoms with van der Waals surface area (Å²) < 4.78 is 0. The molecule has 18 heavy (non-hydrogen) atoms. The van der Waals surface area contributed by atoms with Crippen LogP contribution in [0.2, 0.25) is 0 Å². The molecule has 0 aromatic carbocycles. The van der Waals surface area contributed by atoms with Crippen molar-refractivity contribution in [3.63, 3.8) is 0 Å². The number of hydrogen-bond acceptors (Lipinski definition) is 5. The third kappa shape index (κ3) is 3.00. The Morgan fingerprint density at radius 3 is 2.72 bits per heavy atom. The van der Waals surface area contributed by atoms with Crippen LogP contribution in [-0.4, -0.2) is 21.4 Å². The van der Waals surface area contributed by atoms with E-state index in [4.69, 9.17) is 0 Å². The molecule has 6 nitrogen and oxygen atoms in total. The minimum Gasteiger partial charge on any atom is -0.378 e. The van der Waals surface area contributed by atoms with Crippen LogP contribution in [0, 0.1) is 10.1 Å². The van der Waals surface area contributed by atoms with Gasteiger partial charge in [-0.15, -0.1) is 0 Å². The van der Waals surface area contributed by atoms with E-state index in [1.807, 2.05) is 18.2 Å². The average Bonchev–Trinajstić information content (AvgIpc) is 2.40. The third-order valence-corrected chi connectivity index (χ3v) is 2.38. The largest absolute Gasteiger partial charge is 0.386 e. The van der Waals surface area contributed by atoms with Gasteiger partial charge in [-0.1, -0.05) is 6.07 Å². The Morgan fingerprint density at radius 2 is 2.00 bits per heavy atom. The van der Waals surface area contributed by atoms with Crippen molar-refractivity contribution < 1.29 is 4.92 Å². The summed E-state index contributed by atoms with van der Waals surface area (Å²) in [5.74, 6) is -0.154.